The Labute approximate surface area is 146 Å². The van der Waals surface area contributed by atoms with E-state index in [1.54, 1.807) is 6.92 Å². The van der Waals surface area contributed by atoms with Crippen molar-refractivity contribution in [3.63, 3.8) is 0 Å². The fourth-order valence-electron chi connectivity index (χ4n) is 1.15. The molecule has 0 aliphatic carbocycles. The minimum atomic E-state index is -2.51. The summed E-state index contributed by atoms with van der Waals surface area (Å²) < 4.78 is 12.6. The van der Waals surface area contributed by atoms with Gasteiger partial charge in [0.15, 0.2) is 0 Å². The van der Waals surface area contributed by atoms with Gasteiger partial charge in [0.05, 0.1) is 5.88 Å². The Bertz CT molecular complexity index is 404. The highest BCUT2D eigenvalue weighted by atomic mass is 32.5. The quantitative estimate of drug-likeness (QED) is 0.115. The van der Waals surface area contributed by atoms with Crippen molar-refractivity contribution < 1.29 is 18.7 Å². The second-order valence-electron chi connectivity index (χ2n) is 3.91. The normalized spacial score (nSPS) is 12.5. The van der Waals surface area contributed by atoms with Crippen molar-refractivity contribution in [1.82, 2.24) is 9.39 Å². The Morgan fingerprint density at radius 3 is 2.55 bits per heavy atom. The summed E-state index contributed by atoms with van der Waals surface area (Å²) in [5, 5.41) is 6.91. The van der Waals surface area contributed by atoms with Crippen LogP contribution in [0, 0.1) is 0 Å². The Hall–Kier alpha value is 0.170. The lowest BCUT2D eigenvalue weighted by Gasteiger charge is -2.30. The molecule has 0 aromatic heterocycles. The summed E-state index contributed by atoms with van der Waals surface area (Å²) in [5.41, 5.74) is 0. The third-order valence-electron chi connectivity index (χ3n) is 2.42. The minimum Gasteiger partial charge on any atom is -0.321 e. The molecule has 0 rings (SSSR count). The number of amides is 1. The third kappa shape index (κ3) is 8.71. The van der Waals surface area contributed by atoms with E-state index in [0.29, 0.717) is 10.9 Å². The predicted molar refractivity (Wildman–Crippen MR) is 98.6 cm³/mol. The van der Waals surface area contributed by atoms with Gasteiger partial charge >= 0.3 is 6.09 Å². The van der Waals surface area contributed by atoms with Crippen LogP contribution >= 0.6 is 30.4 Å². The van der Waals surface area contributed by atoms with Gasteiger partial charge < -0.3 is 14.4 Å². The number of hydrogen-bond acceptors (Lipinski definition) is 8. The molecule has 11 heteroatoms. The first-order chi connectivity index (χ1) is 10.4. The summed E-state index contributed by atoms with van der Waals surface area (Å²) in [4.78, 5) is 16.2. The molecular weight excluding hydrogens is 365 g/mol. The number of carbonyl (C=O) groups excluding carboxylic acids is 1. The van der Waals surface area contributed by atoms with E-state index in [1.807, 2.05) is 10.3 Å². The van der Waals surface area contributed by atoms with Crippen LogP contribution in [-0.4, -0.2) is 48.1 Å². The van der Waals surface area contributed by atoms with Gasteiger partial charge in [-0.2, -0.15) is 4.08 Å². The number of nitrogens with zero attached hydrogens (tertiary/aromatic N) is 2. The highest BCUT2D eigenvalue weighted by Gasteiger charge is 2.26. The Morgan fingerprint density at radius 1 is 1.41 bits per heavy atom. The fourth-order valence-corrected chi connectivity index (χ4v) is 4.56. The molecule has 0 aromatic carbocycles. The average Bonchev–Trinajstić information content (AvgIpc) is 2.54. The van der Waals surface area contributed by atoms with E-state index < -0.39 is 12.7 Å². The summed E-state index contributed by atoms with van der Waals surface area (Å²) >= 11 is 8.17. The molecule has 0 saturated heterocycles. The molecule has 0 radical (unpaired) electrons. The maximum Gasteiger partial charge on any atom is 0.434 e. The van der Waals surface area contributed by atoms with Crippen molar-refractivity contribution in [2.45, 2.75) is 26.7 Å². The number of thioether (sulfide) groups is 1. The van der Waals surface area contributed by atoms with Crippen molar-refractivity contribution >= 4 is 53.3 Å². The first-order valence-corrected chi connectivity index (χ1v) is 11.3. The second-order valence-corrected chi connectivity index (χ2v) is 9.70. The van der Waals surface area contributed by atoms with Gasteiger partial charge in [0.1, 0.15) is 5.04 Å². The van der Waals surface area contributed by atoms with Crippen molar-refractivity contribution in [2.24, 2.45) is 5.16 Å². The molecule has 130 valence electrons. The minimum absolute atomic E-state index is 0.293. The van der Waals surface area contributed by atoms with Crippen LogP contribution in [0.3, 0.4) is 0 Å². The van der Waals surface area contributed by atoms with E-state index in [2.05, 4.69) is 17.4 Å². The zero-order chi connectivity index (χ0) is 17.0. The van der Waals surface area contributed by atoms with Crippen LogP contribution in [0.25, 0.3) is 0 Å². The van der Waals surface area contributed by atoms with E-state index in [0.717, 1.165) is 19.4 Å². The van der Waals surface area contributed by atoms with Crippen molar-refractivity contribution in [1.29, 1.82) is 0 Å². The highest BCUT2D eigenvalue weighted by Crippen LogP contribution is 2.54. The van der Waals surface area contributed by atoms with Crippen molar-refractivity contribution in [2.75, 3.05) is 32.9 Å². The lowest BCUT2D eigenvalue weighted by molar-refractivity contribution is 0.153. The zero-order valence-electron chi connectivity index (χ0n) is 13.5. The zero-order valence-corrected chi connectivity index (χ0v) is 16.9. The monoisotopic (exact) mass is 389 g/mol. The Morgan fingerprint density at radius 2 is 2.05 bits per heavy atom. The van der Waals surface area contributed by atoms with E-state index in [4.69, 9.17) is 25.7 Å². The summed E-state index contributed by atoms with van der Waals surface area (Å²) in [7, 11) is 3.07. The highest BCUT2D eigenvalue weighted by molar-refractivity contribution is 8.15. The van der Waals surface area contributed by atoms with Gasteiger partial charge in [0.25, 0.3) is 6.64 Å². The molecule has 7 nitrogen and oxygen atoms in total. The number of oxime groups is 1. The molecule has 0 bridgehead atoms. The summed E-state index contributed by atoms with van der Waals surface area (Å²) in [6.45, 7) is 2.06. The molecule has 0 heterocycles. The van der Waals surface area contributed by atoms with Gasteiger partial charge in [-0.3, -0.25) is 4.84 Å². The van der Waals surface area contributed by atoms with Crippen LogP contribution in [-0.2, 0) is 25.7 Å². The number of hydrogen-bond donors (Lipinski definition) is 1. The van der Waals surface area contributed by atoms with E-state index in [9.17, 15) is 4.79 Å². The molecule has 0 atom stereocenters. The van der Waals surface area contributed by atoms with Gasteiger partial charge in [-0.05, 0) is 43.4 Å². The standard InChI is InChI=1S/C11H24N3O4PS3/c1-6-7-8-14(19(20,16-3)17-4)22-9-12-11(15)18-13-10(2)21-5/h6-9H2,1-5H3,(H,12,15)/b13-10+. The van der Waals surface area contributed by atoms with Gasteiger partial charge in [-0.1, -0.05) is 18.5 Å². The van der Waals surface area contributed by atoms with Crippen molar-refractivity contribution in [3.8, 4) is 0 Å². The number of rotatable bonds is 10. The molecule has 1 N–H and O–H groups in total. The first-order valence-electron chi connectivity index (χ1n) is 6.59. The lowest BCUT2D eigenvalue weighted by Crippen LogP contribution is -2.26. The van der Waals surface area contributed by atoms with Gasteiger partial charge in [-0.15, -0.1) is 11.8 Å². The van der Waals surface area contributed by atoms with Gasteiger partial charge in [0, 0.05) is 20.8 Å². The molecule has 0 saturated carbocycles. The summed E-state index contributed by atoms with van der Waals surface area (Å²) in [6.07, 6.45) is 3.22. The van der Waals surface area contributed by atoms with Gasteiger partial charge in [-0.25, -0.2) is 4.79 Å². The molecule has 1 amide bonds. The molecule has 0 spiro atoms. The van der Waals surface area contributed by atoms with E-state index in [-0.39, 0.29) is 0 Å². The fraction of sp³-hybridized carbons (Fsp3) is 0.818. The first kappa shape index (κ1) is 22.2. The topological polar surface area (TPSA) is 72.4 Å². The molecule has 0 aliphatic rings. The third-order valence-corrected chi connectivity index (χ3v) is 8.30. The van der Waals surface area contributed by atoms with Crippen LogP contribution in [0.15, 0.2) is 5.16 Å². The molecule has 0 fully saturated rings. The SMILES string of the molecule is CCCCN(SCNC(=O)O/N=C(\C)SC)P(=S)(OC)OC. The van der Waals surface area contributed by atoms with Crippen molar-refractivity contribution in [3.05, 3.63) is 0 Å². The average molecular weight is 390 g/mol. The molecular formula is C11H24N3O4PS3. The molecule has 22 heavy (non-hydrogen) atoms. The Balaban J connectivity index is 4.40. The molecule has 0 aliphatic heterocycles. The largest absolute Gasteiger partial charge is 0.434 e. The maximum absolute atomic E-state index is 11.5. The molecule has 0 aromatic rings. The summed E-state index contributed by atoms with van der Waals surface area (Å²) in [6, 6.07) is 0. The maximum atomic E-state index is 11.5. The van der Waals surface area contributed by atoms with E-state index in [1.165, 1.54) is 37.9 Å². The van der Waals surface area contributed by atoms with Crippen LogP contribution in [0.4, 0.5) is 4.79 Å². The smallest absolute Gasteiger partial charge is 0.321 e. The predicted octanol–water partition coefficient (Wildman–Crippen LogP) is 3.63. The van der Waals surface area contributed by atoms with E-state index >= 15 is 0 Å². The second kappa shape index (κ2) is 12.6. The molecule has 0 unspecified atom stereocenters. The van der Waals surface area contributed by atoms with Crippen LogP contribution in [0.1, 0.15) is 26.7 Å². The van der Waals surface area contributed by atoms with Crippen LogP contribution in [0.5, 0.6) is 0 Å². The van der Waals surface area contributed by atoms with Crippen LogP contribution < -0.4 is 5.32 Å². The number of nitrogens with one attached hydrogen (secondary N) is 1. The van der Waals surface area contributed by atoms with Crippen LogP contribution in [0.2, 0.25) is 0 Å². The summed E-state index contributed by atoms with van der Waals surface area (Å²) in [5.74, 6) is 0.293. The lowest BCUT2D eigenvalue weighted by atomic mass is 10.3. The van der Waals surface area contributed by atoms with Gasteiger partial charge in [0.2, 0.25) is 0 Å². The number of unbranched alkanes of at least 4 members (excludes halogenated alkanes) is 1. The Kier molecular flexibility index (Phi) is 12.7. The number of carbonyl (C=O) groups is 1.